The minimum absolute atomic E-state index is 0.242. The minimum Gasteiger partial charge on any atom is -0.490 e. The van der Waals surface area contributed by atoms with Crippen molar-refractivity contribution in [3.8, 4) is 11.5 Å². The molecule has 0 aliphatic carbocycles. The van der Waals surface area contributed by atoms with Crippen LogP contribution in [0.5, 0.6) is 11.5 Å². The Balaban J connectivity index is 1.88. The van der Waals surface area contributed by atoms with E-state index in [9.17, 15) is 26.4 Å². The van der Waals surface area contributed by atoms with Crippen molar-refractivity contribution in [1.29, 1.82) is 0 Å². The molecule has 0 aliphatic heterocycles. The normalized spacial score (nSPS) is 11.8. The van der Waals surface area contributed by atoms with Gasteiger partial charge in [-0.1, -0.05) is 36.7 Å². The molecule has 0 heterocycles. The Labute approximate surface area is 235 Å². The molecule has 0 aliphatic rings. The van der Waals surface area contributed by atoms with Crippen LogP contribution in [-0.4, -0.2) is 40.3 Å². The summed E-state index contributed by atoms with van der Waals surface area (Å²) in [5, 5.41) is 3.57. The van der Waals surface area contributed by atoms with E-state index in [4.69, 9.17) is 21.1 Å². The Morgan fingerprint density at radius 1 is 1.02 bits per heavy atom. The van der Waals surface area contributed by atoms with Crippen LogP contribution in [0.3, 0.4) is 0 Å². The Hall–Kier alpha value is -3.77. The molecule has 0 radical (unpaired) electrons. The molecule has 0 saturated carbocycles. The van der Waals surface area contributed by atoms with E-state index in [2.05, 4.69) is 10.5 Å². The van der Waals surface area contributed by atoms with Gasteiger partial charge in [0.1, 0.15) is 6.54 Å². The molecule has 214 valence electrons. The van der Waals surface area contributed by atoms with Gasteiger partial charge in [0.05, 0.1) is 40.6 Å². The highest BCUT2D eigenvalue weighted by atomic mass is 35.5. The maximum absolute atomic E-state index is 13.4. The molecule has 3 rings (SSSR count). The summed E-state index contributed by atoms with van der Waals surface area (Å²) >= 11 is 6.13. The van der Waals surface area contributed by atoms with Crippen molar-refractivity contribution >= 4 is 39.4 Å². The van der Waals surface area contributed by atoms with Crippen LogP contribution in [0, 0.1) is 0 Å². The van der Waals surface area contributed by atoms with Gasteiger partial charge in [0.25, 0.3) is 15.9 Å². The van der Waals surface area contributed by atoms with Crippen molar-refractivity contribution in [2.24, 2.45) is 5.10 Å². The number of ether oxygens (including phenoxy) is 2. The van der Waals surface area contributed by atoms with Gasteiger partial charge in [-0.2, -0.15) is 18.3 Å². The molecular weight excluding hydrogens is 571 g/mol. The van der Waals surface area contributed by atoms with Crippen LogP contribution in [0.1, 0.15) is 31.4 Å². The molecule has 1 N–H and O–H groups in total. The average molecular weight is 598 g/mol. The minimum atomic E-state index is -4.77. The first-order chi connectivity index (χ1) is 19.0. The van der Waals surface area contributed by atoms with Crippen LogP contribution in [0.4, 0.5) is 18.9 Å². The van der Waals surface area contributed by atoms with Gasteiger partial charge < -0.3 is 9.47 Å². The maximum Gasteiger partial charge on any atom is 0.416 e. The molecule has 3 aromatic carbocycles. The van der Waals surface area contributed by atoms with Crippen LogP contribution in [0.2, 0.25) is 5.02 Å². The highest BCUT2D eigenvalue weighted by Gasteiger charge is 2.34. The summed E-state index contributed by atoms with van der Waals surface area (Å²) in [6.07, 6.45) is -2.66. The molecule has 0 saturated heterocycles. The molecule has 1 amide bonds. The third kappa shape index (κ3) is 7.89. The van der Waals surface area contributed by atoms with E-state index in [1.807, 2.05) is 13.8 Å². The molecule has 13 heteroatoms. The topological polar surface area (TPSA) is 97.3 Å². The lowest BCUT2D eigenvalue weighted by Gasteiger charge is -2.25. The van der Waals surface area contributed by atoms with E-state index in [1.54, 1.807) is 24.3 Å². The number of amides is 1. The van der Waals surface area contributed by atoms with Gasteiger partial charge in [-0.15, -0.1) is 0 Å². The third-order valence-corrected chi connectivity index (χ3v) is 7.39. The number of benzene rings is 3. The summed E-state index contributed by atoms with van der Waals surface area (Å²) in [4.78, 5) is 12.5. The SMILES string of the molecule is CCCOc1ccc(/C=N\NC(=O)CN(c2cc(C(F)(F)F)ccc2Cl)S(=O)(=O)c2ccccc2)cc1OCC. The van der Waals surface area contributed by atoms with Gasteiger partial charge in [-0.25, -0.2) is 13.8 Å². The lowest BCUT2D eigenvalue weighted by Crippen LogP contribution is -2.40. The van der Waals surface area contributed by atoms with E-state index < -0.39 is 39.9 Å². The second-order valence-corrected chi connectivity index (χ2v) is 10.5. The van der Waals surface area contributed by atoms with Crippen LogP contribution in [-0.2, 0) is 21.0 Å². The van der Waals surface area contributed by atoms with Gasteiger partial charge >= 0.3 is 6.18 Å². The molecule has 0 unspecified atom stereocenters. The van der Waals surface area contributed by atoms with Crippen molar-refractivity contribution in [3.63, 3.8) is 0 Å². The second kappa shape index (κ2) is 13.5. The van der Waals surface area contributed by atoms with Crippen molar-refractivity contribution in [2.75, 3.05) is 24.1 Å². The zero-order valence-electron chi connectivity index (χ0n) is 21.6. The standard InChI is InChI=1S/C27H27ClF3N3O5S/c1-3-14-39-24-13-10-19(15-25(24)38-4-2)17-32-33-26(35)18-34(40(36,37)21-8-6-5-7-9-21)23-16-20(27(29,30)31)11-12-22(23)28/h5-13,15-17H,3-4,14,18H2,1-2H3,(H,33,35)/b32-17-. The zero-order chi connectivity index (χ0) is 29.3. The van der Waals surface area contributed by atoms with Crippen molar-refractivity contribution in [1.82, 2.24) is 5.43 Å². The van der Waals surface area contributed by atoms with E-state index in [0.717, 1.165) is 18.6 Å². The molecule has 0 bridgehead atoms. The fraction of sp³-hybridized carbons (Fsp3) is 0.259. The number of nitrogens with zero attached hydrogens (tertiary/aromatic N) is 2. The molecule has 0 fully saturated rings. The highest BCUT2D eigenvalue weighted by Crippen LogP contribution is 2.37. The molecule has 3 aromatic rings. The van der Waals surface area contributed by atoms with Crippen molar-refractivity contribution in [2.45, 2.75) is 31.3 Å². The molecular formula is C27H27ClF3N3O5S. The summed E-state index contributed by atoms with van der Waals surface area (Å²) in [6, 6.07) is 14.2. The van der Waals surface area contributed by atoms with Crippen LogP contribution in [0.25, 0.3) is 0 Å². The van der Waals surface area contributed by atoms with Gasteiger partial charge in [0.2, 0.25) is 0 Å². The number of hydrogen-bond acceptors (Lipinski definition) is 6. The van der Waals surface area contributed by atoms with Crippen LogP contribution < -0.4 is 19.2 Å². The highest BCUT2D eigenvalue weighted by molar-refractivity contribution is 7.92. The number of rotatable bonds is 12. The van der Waals surface area contributed by atoms with E-state index >= 15 is 0 Å². The van der Waals surface area contributed by atoms with Gasteiger partial charge in [-0.3, -0.25) is 9.10 Å². The zero-order valence-corrected chi connectivity index (χ0v) is 23.2. The summed E-state index contributed by atoms with van der Waals surface area (Å²) in [5.41, 5.74) is 1.11. The second-order valence-electron chi connectivity index (χ2n) is 8.27. The molecule has 40 heavy (non-hydrogen) atoms. The molecule has 0 aromatic heterocycles. The smallest absolute Gasteiger partial charge is 0.416 e. The first-order valence-electron chi connectivity index (χ1n) is 12.1. The predicted octanol–water partition coefficient (Wildman–Crippen LogP) is 5.89. The Bertz CT molecular complexity index is 1450. The Morgan fingerprint density at radius 3 is 2.40 bits per heavy atom. The van der Waals surface area contributed by atoms with Gasteiger partial charge in [-0.05, 0) is 67.4 Å². The number of anilines is 1. The summed E-state index contributed by atoms with van der Waals surface area (Å²) < 4.78 is 78.8. The number of carbonyl (C=O) groups is 1. The lowest BCUT2D eigenvalue weighted by molar-refractivity contribution is -0.137. The van der Waals surface area contributed by atoms with Gasteiger partial charge in [0, 0.05) is 0 Å². The average Bonchev–Trinajstić information content (AvgIpc) is 2.91. The number of hydrazone groups is 1. The van der Waals surface area contributed by atoms with E-state index in [1.165, 1.54) is 30.5 Å². The van der Waals surface area contributed by atoms with Crippen molar-refractivity contribution < 1.29 is 35.9 Å². The Kier molecular flexibility index (Phi) is 10.4. The van der Waals surface area contributed by atoms with Crippen molar-refractivity contribution in [3.05, 3.63) is 82.9 Å². The largest absolute Gasteiger partial charge is 0.490 e. The number of halogens is 4. The summed E-state index contributed by atoms with van der Waals surface area (Å²) in [6.45, 7) is 3.78. The van der Waals surface area contributed by atoms with E-state index in [0.29, 0.717) is 40.6 Å². The first-order valence-corrected chi connectivity index (χ1v) is 13.9. The monoisotopic (exact) mass is 597 g/mol. The Morgan fingerprint density at radius 2 is 1.75 bits per heavy atom. The fourth-order valence-electron chi connectivity index (χ4n) is 3.45. The number of nitrogens with one attached hydrogen (secondary N) is 1. The quantitative estimate of drug-likeness (QED) is 0.207. The molecule has 0 atom stereocenters. The van der Waals surface area contributed by atoms with Crippen LogP contribution in [0.15, 0.2) is 76.7 Å². The third-order valence-electron chi connectivity index (χ3n) is 5.29. The maximum atomic E-state index is 13.4. The number of carbonyl (C=O) groups excluding carboxylic acids is 1. The number of hydrogen-bond donors (Lipinski definition) is 1. The summed E-state index contributed by atoms with van der Waals surface area (Å²) in [5.74, 6) is 0.104. The fourth-order valence-corrected chi connectivity index (χ4v) is 5.17. The first kappa shape index (κ1) is 30.8. The molecule has 0 spiro atoms. The number of sulfonamides is 1. The van der Waals surface area contributed by atoms with E-state index in [-0.39, 0.29) is 9.92 Å². The van der Waals surface area contributed by atoms with Crippen LogP contribution >= 0.6 is 11.6 Å². The number of alkyl halides is 3. The van der Waals surface area contributed by atoms with Gasteiger partial charge in [0.15, 0.2) is 11.5 Å². The predicted molar refractivity (Wildman–Crippen MR) is 147 cm³/mol. The summed E-state index contributed by atoms with van der Waals surface area (Å²) in [7, 11) is -4.50. The molecule has 8 nitrogen and oxygen atoms in total. The lowest BCUT2D eigenvalue weighted by atomic mass is 10.2.